The lowest BCUT2D eigenvalue weighted by Gasteiger charge is -2.09. The minimum Gasteiger partial charge on any atom is -0.362 e. The molecule has 0 aliphatic carbocycles. The number of hydrogen-bond donors (Lipinski definition) is 2. The van der Waals surface area contributed by atoms with Gasteiger partial charge in [-0.2, -0.15) is 0 Å². The predicted molar refractivity (Wildman–Crippen MR) is 77.8 cm³/mol. The molecular formula is C12H16N6S. The van der Waals surface area contributed by atoms with Gasteiger partial charge in [-0.3, -0.25) is 0 Å². The largest absolute Gasteiger partial charge is 0.362 e. The zero-order valence-electron chi connectivity index (χ0n) is 10.7. The van der Waals surface area contributed by atoms with Crippen molar-refractivity contribution in [3.63, 3.8) is 0 Å². The van der Waals surface area contributed by atoms with Crippen molar-refractivity contribution in [2.24, 2.45) is 0 Å². The van der Waals surface area contributed by atoms with Crippen molar-refractivity contribution in [3.05, 3.63) is 36.7 Å². The Morgan fingerprint density at radius 2 is 2.32 bits per heavy atom. The molecule has 0 saturated heterocycles. The molecule has 0 fully saturated rings. The van der Waals surface area contributed by atoms with Crippen LogP contribution in [0.15, 0.2) is 31.0 Å². The quantitative estimate of drug-likeness (QED) is 0.635. The summed E-state index contributed by atoms with van der Waals surface area (Å²) in [4.78, 5) is 12.3. The highest BCUT2D eigenvalue weighted by molar-refractivity contribution is 7.80. The van der Waals surface area contributed by atoms with Crippen molar-refractivity contribution in [1.82, 2.24) is 24.8 Å². The maximum atomic E-state index is 5.17. The fourth-order valence-electron chi connectivity index (χ4n) is 1.54. The van der Waals surface area contributed by atoms with Crippen molar-refractivity contribution >= 4 is 23.3 Å². The molecule has 0 saturated carbocycles. The van der Waals surface area contributed by atoms with Gasteiger partial charge in [-0.15, -0.1) is 0 Å². The van der Waals surface area contributed by atoms with Crippen LogP contribution in [0, 0.1) is 6.92 Å². The van der Waals surface area contributed by atoms with Crippen LogP contribution in [0.2, 0.25) is 0 Å². The number of hydrogen-bond acceptors (Lipinski definition) is 4. The Morgan fingerprint density at radius 1 is 1.42 bits per heavy atom. The van der Waals surface area contributed by atoms with Crippen molar-refractivity contribution in [3.8, 4) is 0 Å². The molecular weight excluding hydrogens is 260 g/mol. The smallest absolute Gasteiger partial charge is 0.229 e. The normalized spacial score (nSPS) is 10.2. The number of aromatic nitrogens is 4. The molecule has 100 valence electrons. The first kappa shape index (κ1) is 13.4. The van der Waals surface area contributed by atoms with Crippen molar-refractivity contribution in [2.75, 3.05) is 11.9 Å². The number of nitrogens with one attached hydrogen (secondary N) is 2. The fourth-order valence-corrected chi connectivity index (χ4v) is 1.73. The van der Waals surface area contributed by atoms with Crippen molar-refractivity contribution < 1.29 is 0 Å². The summed E-state index contributed by atoms with van der Waals surface area (Å²) in [6.45, 7) is 3.61. The summed E-state index contributed by atoms with van der Waals surface area (Å²) in [7, 11) is 0. The third-order valence-corrected chi connectivity index (χ3v) is 2.70. The van der Waals surface area contributed by atoms with Gasteiger partial charge >= 0.3 is 0 Å². The predicted octanol–water partition coefficient (Wildman–Crippen LogP) is 1.36. The molecule has 0 aliphatic rings. The Morgan fingerprint density at radius 3 is 3.05 bits per heavy atom. The van der Waals surface area contributed by atoms with Gasteiger partial charge in [-0.25, -0.2) is 15.0 Å². The summed E-state index contributed by atoms with van der Waals surface area (Å²) in [6.07, 6.45) is 8.18. The lowest BCUT2D eigenvalue weighted by molar-refractivity contribution is 0.632. The Balaban J connectivity index is 1.67. The minimum absolute atomic E-state index is 0.520. The maximum Gasteiger partial charge on any atom is 0.229 e. The van der Waals surface area contributed by atoms with Gasteiger partial charge in [0.05, 0.1) is 6.33 Å². The highest BCUT2D eigenvalue weighted by atomic mass is 32.1. The number of thiocarbonyl (C=S) groups is 1. The Kier molecular flexibility index (Phi) is 4.79. The van der Waals surface area contributed by atoms with E-state index in [1.807, 2.05) is 23.8 Å². The van der Waals surface area contributed by atoms with E-state index in [0.717, 1.165) is 25.2 Å². The second-order valence-corrected chi connectivity index (χ2v) is 4.46. The summed E-state index contributed by atoms with van der Waals surface area (Å²) in [5.41, 5.74) is 0.903. The van der Waals surface area contributed by atoms with E-state index in [1.54, 1.807) is 18.7 Å². The first-order chi connectivity index (χ1) is 9.24. The molecule has 2 heterocycles. The fraction of sp³-hybridized carbons (Fsp3) is 0.333. The minimum atomic E-state index is 0.520. The Hall–Kier alpha value is -2.02. The van der Waals surface area contributed by atoms with Crippen LogP contribution in [0.25, 0.3) is 0 Å². The molecule has 0 aromatic carbocycles. The van der Waals surface area contributed by atoms with E-state index >= 15 is 0 Å². The lowest BCUT2D eigenvalue weighted by atomic mass is 10.4. The van der Waals surface area contributed by atoms with Gasteiger partial charge in [0.1, 0.15) is 0 Å². The van der Waals surface area contributed by atoms with Crippen molar-refractivity contribution in [1.29, 1.82) is 0 Å². The summed E-state index contributed by atoms with van der Waals surface area (Å²) in [5, 5.41) is 6.61. The monoisotopic (exact) mass is 276 g/mol. The summed E-state index contributed by atoms with van der Waals surface area (Å²) in [6, 6.07) is 1.84. The number of imidazole rings is 1. The van der Waals surface area contributed by atoms with Gasteiger partial charge < -0.3 is 15.2 Å². The first-order valence-electron chi connectivity index (χ1n) is 6.04. The molecule has 0 atom stereocenters. The standard InChI is InChI=1S/C12H16N6S/c1-10-3-5-14-11(16-10)17-12(19)15-4-2-7-18-8-6-13-9-18/h3,5-6,8-9H,2,4,7H2,1H3,(H2,14,15,16,17,19). The third-order valence-electron chi connectivity index (χ3n) is 2.46. The maximum absolute atomic E-state index is 5.17. The van der Waals surface area contributed by atoms with Gasteiger partial charge in [-0.05, 0) is 31.6 Å². The third kappa shape index (κ3) is 4.63. The second kappa shape index (κ2) is 6.79. The average Bonchev–Trinajstić information content (AvgIpc) is 2.88. The summed E-state index contributed by atoms with van der Waals surface area (Å²) < 4.78 is 2.03. The van der Waals surface area contributed by atoms with Crippen LogP contribution in [0.1, 0.15) is 12.1 Å². The van der Waals surface area contributed by atoms with Crippen LogP contribution in [-0.2, 0) is 6.54 Å². The molecule has 6 nitrogen and oxygen atoms in total. The Labute approximate surface area is 117 Å². The van der Waals surface area contributed by atoms with Gasteiger partial charge in [0, 0.05) is 37.4 Å². The number of nitrogens with zero attached hydrogens (tertiary/aromatic N) is 4. The van der Waals surface area contributed by atoms with E-state index in [-0.39, 0.29) is 0 Å². The number of aryl methyl sites for hydroxylation is 2. The second-order valence-electron chi connectivity index (χ2n) is 4.06. The van der Waals surface area contributed by atoms with Crippen LogP contribution >= 0.6 is 12.2 Å². The SMILES string of the molecule is Cc1ccnc(NC(=S)NCCCn2ccnc2)n1. The van der Waals surface area contributed by atoms with Crippen LogP contribution in [0.4, 0.5) is 5.95 Å². The van der Waals surface area contributed by atoms with E-state index < -0.39 is 0 Å². The number of anilines is 1. The molecule has 2 aromatic rings. The summed E-state index contributed by atoms with van der Waals surface area (Å²) >= 11 is 5.17. The zero-order valence-corrected chi connectivity index (χ0v) is 11.5. The van der Waals surface area contributed by atoms with Gasteiger partial charge in [0.25, 0.3) is 0 Å². The molecule has 0 unspecified atom stereocenters. The highest BCUT2D eigenvalue weighted by Crippen LogP contribution is 1.98. The van der Waals surface area contributed by atoms with E-state index in [2.05, 4.69) is 25.6 Å². The van der Waals surface area contributed by atoms with Crippen LogP contribution in [0.5, 0.6) is 0 Å². The van der Waals surface area contributed by atoms with Gasteiger partial charge in [-0.1, -0.05) is 0 Å². The molecule has 0 spiro atoms. The highest BCUT2D eigenvalue weighted by Gasteiger charge is 1.99. The van der Waals surface area contributed by atoms with Crippen LogP contribution in [0.3, 0.4) is 0 Å². The van der Waals surface area contributed by atoms with Gasteiger partial charge in [0.15, 0.2) is 5.11 Å². The molecule has 2 N–H and O–H groups in total. The van der Waals surface area contributed by atoms with E-state index in [9.17, 15) is 0 Å². The summed E-state index contributed by atoms with van der Waals surface area (Å²) in [5.74, 6) is 0.520. The topological polar surface area (TPSA) is 67.7 Å². The average molecular weight is 276 g/mol. The molecule has 2 aromatic heterocycles. The zero-order chi connectivity index (χ0) is 13.5. The first-order valence-corrected chi connectivity index (χ1v) is 6.45. The van der Waals surface area contributed by atoms with E-state index in [1.165, 1.54) is 0 Å². The molecule has 7 heteroatoms. The molecule has 0 aliphatic heterocycles. The van der Waals surface area contributed by atoms with Crippen molar-refractivity contribution in [2.45, 2.75) is 19.9 Å². The van der Waals surface area contributed by atoms with Crippen LogP contribution in [-0.4, -0.2) is 31.2 Å². The van der Waals surface area contributed by atoms with Crippen LogP contribution < -0.4 is 10.6 Å². The Bertz CT molecular complexity index is 525. The molecule has 0 bridgehead atoms. The molecule has 19 heavy (non-hydrogen) atoms. The van der Waals surface area contributed by atoms with Gasteiger partial charge in [0.2, 0.25) is 5.95 Å². The molecule has 2 rings (SSSR count). The molecule has 0 amide bonds. The number of rotatable bonds is 5. The van der Waals surface area contributed by atoms with E-state index in [0.29, 0.717) is 11.1 Å². The lowest BCUT2D eigenvalue weighted by Crippen LogP contribution is -2.30. The van der Waals surface area contributed by atoms with E-state index in [4.69, 9.17) is 12.2 Å². The molecule has 0 radical (unpaired) electrons.